The molecule has 0 spiro atoms. The summed E-state index contributed by atoms with van der Waals surface area (Å²) in [7, 11) is 1.98. The second kappa shape index (κ2) is 10.1. The van der Waals surface area contributed by atoms with Crippen molar-refractivity contribution in [1.29, 1.82) is 0 Å². The average Bonchev–Trinajstić information content (AvgIpc) is 2.38. The number of hydrogen-bond acceptors (Lipinski definition) is 4. The molecule has 0 saturated heterocycles. The summed E-state index contributed by atoms with van der Waals surface area (Å²) < 4.78 is 4.55. The third-order valence-corrected chi connectivity index (χ3v) is 2.95. The summed E-state index contributed by atoms with van der Waals surface area (Å²) in [6.07, 6.45) is 0.540. The van der Waals surface area contributed by atoms with Crippen LogP contribution in [-0.4, -0.2) is 42.4 Å². The first-order valence-corrected chi connectivity index (χ1v) is 7.53. The number of nitrogens with zero attached hydrogens (tertiary/aromatic N) is 1. The fourth-order valence-corrected chi connectivity index (χ4v) is 1.48. The van der Waals surface area contributed by atoms with Gasteiger partial charge in [0.2, 0.25) is 0 Å². The second-order valence-electron chi connectivity index (χ2n) is 6.54. The largest absolute Gasteiger partial charge is 0.462 e. The number of Topliss-reactive ketones (excluding diaryl/α,β-unsaturated/α-hetero) is 1. The molecule has 0 bridgehead atoms. The van der Waals surface area contributed by atoms with E-state index in [0.29, 0.717) is 25.5 Å². The van der Waals surface area contributed by atoms with Gasteiger partial charge in [0.05, 0.1) is 6.54 Å². The molecule has 0 N–H and O–H groups in total. The Hall–Kier alpha value is -1.68. The van der Waals surface area contributed by atoms with Crippen LogP contribution in [-0.2, 0) is 20.7 Å². The summed E-state index contributed by atoms with van der Waals surface area (Å²) in [4.78, 5) is 23.3. The molecule has 22 heavy (non-hydrogen) atoms. The van der Waals surface area contributed by atoms with E-state index in [1.54, 1.807) is 0 Å². The van der Waals surface area contributed by atoms with Crippen molar-refractivity contribution >= 4 is 12.3 Å². The maximum atomic E-state index is 11.7. The number of likely N-dealkylation sites (N-methyl/N-ethyl adjacent to an activating group) is 1. The van der Waals surface area contributed by atoms with E-state index in [9.17, 15) is 9.59 Å². The summed E-state index contributed by atoms with van der Waals surface area (Å²) in [6, 6.07) is 10.3. The molecule has 1 aromatic carbocycles. The van der Waals surface area contributed by atoms with Crippen molar-refractivity contribution in [3.8, 4) is 0 Å². The minimum absolute atomic E-state index is 0.275. The van der Waals surface area contributed by atoms with E-state index in [-0.39, 0.29) is 11.4 Å². The normalized spacial score (nSPS) is 10.9. The SMILES string of the molecule is CC(C)(C)OC=O.CC(C)N(C)CC(=O)Cc1ccccc1. The van der Waals surface area contributed by atoms with Crippen LogP contribution in [0.2, 0.25) is 0 Å². The Morgan fingerprint density at radius 2 is 1.77 bits per heavy atom. The van der Waals surface area contributed by atoms with Crippen LogP contribution in [0, 0.1) is 0 Å². The summed E-state index contributed by atoms with van der Waals surface area (Å²) >= 11 is 0. The van der Waals surface area contributed by atoms with Gasteiger partial charge in [0.15, 0.2) is 5.78 Å². The molecule has 0 aliphatic heterocycles. The maximum Gasteiger partial charge on any atom is 0.293 e. The van der Waals surface area contributed by atoms with Gasteiger partial charge in [-0.1, -0.05) is 30.3 Å². The van der Waals surface area contributed by atoms with E-state index < -0.39 is 0 Å². The highest BCUT2D eigenvalue weighted by Gasteiger charge is 2.09. The first kappa shape index (κ1) is 20.3. The van der Waals surface area contributed by atoms with E-state index in [1.807, 2.05) is 58.2 Å². The Morgan fingerprint density at radius 3 is 2.14 bits per heavy atom. The van der Waals surface area contributed by atoms with E-state index in [1.165, 1.54) is 0 Å². The van der Waals surface area contributed by atoms with Crippen LogP contribution in [0.25, 0.3) is 0 Å². The van der Waals surface area contributed by atoms with Gasteiger partial charge in [0.25, 0.3) is 6.47 Å². The lowest BCUT2D eigenvalue weighted by molar-refractivity contribution is -0.138. The van der Waals surface area contributed by atoms with Crippen LogP contribution >= 0.6 is 0 Å². The summed E-state index contributed by atoms with van der Waals surface area (Å²) in [5.74, 6) is 0.275. The number of ether oxygens (including phenoxy) is 1. The van der Waals surface area contributed by atoms with Crippen molar-refractivity contribution in [3.63, 3.8) is 0 Å². The Morgan fingerprint density at radius 1 is 1.23 bits per heavy atom. The first-order chi connectivity index (χ1) is 10.2. The zero-order valence-corrected chi connectivity index (χ0v) is 14.6. The molecule has 0 radical (unpaired) electrons. The molecule has 0 heterocycles. The van der Waals surface area contributed by atoms with E-state index in [0.717, 1.165) is 5.56 Å². The van der Waals surface area contributed by atoms with Crippen molar-refractivity contribution < 1.29 is 14.3 Å². The first-order valence-electron chi connectivity index (χ1n) is 7.53. The highest BCUT2D eigenvalue weighted by atomic mass is 16.5. The van der Waals surface area contributed by atoms with Crippen LogP contribution in [0.5, 0.6) is 0 Å². The molecule has 124 valence electrons. The number of rotatable bonds is 6. The summed E-state index contributed by atoms with van der Waals surface area (Å²) in [6.45, 7) is 10.6. The van der Waals surface area contributed by atoms with Gasteiger partial charge in [-0.15, -0.1) is 0 Å². The lowest BCUT2D eigenvalue weighted by atomic mass is 10.1. The third-order valence-electron chi connectivity index (χ3n) is 2.95. The van der Waals surface area contributed by atoms with E-state index in [2.05, 4.69) is 23.5 Å². The zero-order chi connectivity index (χ0) is 17.2. The maximum absolute atomic E-state index is 11.7. The molecule has 0 aromatic heterocycles. The Kier molecular flexibility index (Phi) is 9.34. The van der Waals surface area contributed by atoms with Crippen molar-refractivity contribution in [2.45, 2.75) is 52.7 Å². The molecule has 1 aromatic rings. The quantitative estimate of drug-likeness (QED) is 0.758. The van der Waals surface area contributed by atoms with Crippen LogP contribution in [0.1, 0.15) is 40.2 Å². The average molecular weight is 307 g/mol. The highest BCUT2D eigenvalue weighted by molar-refractivity contribution is 5.82. The standard InChI is InChI=1S/C13H19NO.C5H10O2/c1-11(2)14(3)10-13(15)9-12-7-5-4-6-8-12;1-5(2,3)7-4-6/h4-8,11H,9-10H2,1-3H3;4H,1-3H3. The molecular weight excluding hydrogens is 278 g/mol. The zero-order valence-electron chi connectivity index (χ0n) is 14.6. The molecule has 1 rings (SSSR count). The molecule has 0 aliphatic carbocycles. The van der Waals surface area contributed by atoms with Gasteiger partial charge in [-0.05, 0) is 47.2 Å². The van der Waals surface area contributed by atoms with Crippen LogP contribution in [0.3, 0.4) is 0 Å². The molecule has 0 amide bonds. The lowest BCUT2D eigenvalue weighted by Crippen LogP contribution is -2.32. The van der Waals surface area contributed by atoms with Crippen LogP contribution in [0.15, 0.2) is 30.3 Å². The molecule has 4 heteroatoms. The molecule has 0 saturated carbocycles. The van der Waals surface area contributed by atoms with Crippen molar-refractivity contribution in [2.75, 3.05) is 13.6 Å². The predicted octanol–water partition coefficient (Wildman–Crippen LogP) is 3.10. The molecule has 0 aliphatic rings. The monoisotopic (exact) mass is 307 g/mol. The second-order valence-corrected chi connectivity index (χ2v) is 6.54. The van der Waals surface area contributed by atoms with Crippen LogP contribution in [0.4, 0.5) is 0 Å². The van der Waals surface area contributed by atoms with Gasteiger partial charge >= 0.3 is 0 Å². The Labute approximate surface area is 134 Å². The molecule has 0 fully saturated rings. The van der Waals surface area contributed by atoms with E-state index in [4.69, 9.17) is 0 Å². The van der Waals surface area contributed by atoms with Gasteiger partial charge in [-0.3, -0.25) is 14.5 Å². The predicted molar refractivity (Wildman–Crippen MR) is 89.8 cm³/mol. The fourth-order valence-electron chi connectivity index (χ4n) is 1.48. The minimum atomic E-state index is -0.318. The molecular formula is C18H29NO3. The summed E-state index contributed by atoms with van der Waals surface area (Å²) in [5.41, 5.74) is 0.779. The molecule has 0 unspecified atom stereocenters. The Balaban J connectivity index is 0.000000534. The smallest absolute Gasteiger partial charge is 0.293 e. The highest BCUT2D eigenvalue weighted by Crippen LogP contribution is 2.03. The van der Waals surface area contributed by atoms with E-state index >= 15 is 0 Å². The third kappa shape index (κ3) is 11.0. The van der Waals surface area contributed by atoms with Gasteiger partial charge in [0, 0.05) is 12.5 Å². The van der Waals surface area contributed by atoms with Gasteiger partial charge < -0.3 is 4.74 Å². The Bertz CT molecular complexity index is 435. The summed E-state index contributed by atoms with van der Waals surface area (Å²) in [5, 5.41) is 0. The fraction of sp³-hybridized carbons (Fsp3) is 0.556. The van der Waals surface area contributed by atoms with Crippen molar-refractivity contribution in [3.05, 3.63) is 35.9 Å². The minimum Gasteiger partial charge on any atom is -0.462 e. The van der Waals surface area contributed by atoms with Gasteiger partial charge in [-0.25, -0.2) is 0 Å². The number of hydrogen-bond donors (Lipinski definition) is 0. The number of carbonyl (C=O) groups is 2. The van der Waals surface area contributed by atoms with Crippen molar-refractivity contribution in [1.82, 2.24) is 4.90 Å². The topological polar surface area (TPSA) is 46.6 Å². The molecule has 4 nitrogen and oxygen atoms in total. The lowest BCUT2D eigenvalue weighted by Gasteiger charge is -2.19. The number of benzene rings is 1. The van der Waals surface area contributed by atoms with Crippen molar-refractivity contribution in [2.24, 2.45) is 0 Å². The molecule has 0 atom stereocenters. The van der Waals surface area contributed by atoms with Gasteiger partial charge in [-0.2, -0.15) is 0 Å². The number of carbonyl (C=O) groups excluding carboxylic acids is 2. The van der Waals surface area contributed by atoms with Gasteiger partial charge in [0.1, 0.15) is 5.60 Å². The van der Waals surface area contributed by atoms with Crippen LogP contribution < -0.4 is 0 Å². The number of ketones is 1.